The zero-order chi connectivity index (χ0) is 18.8. The number of allylic oxidation sites excluding steroid dienone is 4. The van der Waals surface area contributed by atoms with Crippen LogP contribution in [0.25, 0.3) is 0 Å². The molecule has 1 saturated heterocycles. The van der Waals surface area contributed by atoms with Crippen LogP contribution in [0.15, 0.2) is 47.5 Å². The molecular weight excluding hydrogens is 332 g/mol. The van der Waals surface area contributed by atoms with E-state index < -0.39 is 35.4 Å². The lowest BCUT2D eigenvalue weighted by atomic mass is 10.2. The highest BCUT2D eigenvalue weighted by atomic mass is 16.8. The third-order valence-corrected chi connectivity index (χ3v) is 2.98. The molecule has 0 aliphatic carbocycles. The molecule has 0 aromatic heterocycles. The van der Waals surface area contributed by atoms with Gasteiger partial charge in [-0.1, -0.05) is 18.2 Å². The third kappa shape index (κ3) is 4.50. The van der Waals surface area contributed by atoms with Gasteiger partial charge in [0.15, 0.2) is 5.79 Å². The van der Waals surface area contributed by atoms with E-state index in [1.807, 2.05) is 0 Å². The summed E-state index contributed by atoms with van der Waals surface area (Å²) in [5.74, 6) is -5.81. The molecule has 1 fully saturated rings. The predicted molar refractivity (Wildman–Crippen MR) is 80.9 cm³/mol. The number of carbonyl (C=O) groups excluding carboxylic acids is 3. The van der Waals surface area contributed by atoms with E-state index in [4.69, 9.17) is 18.9 Å². The summed E-state index contributed by atoms with van der Waals surface area (Å²) >= 11 is 0. The second-order valence-corrected chi connectivity index (χ2v) is 6.10. The Bertz CT molecular complexity index is 712. The Hall–Kier alpha value is -3.03. The summed E-state index contributed by atoms with van der Waals surface area (Å²) in [4.78, 5) is 35.1. The molecule has 134 valence electrons. The predicted octanol–water partition coefficient (Wildman–Crippen LogP) is 0.743. The van der Waals surface area contributed by atoms with Crippen LogP contribution < -0.4 is 5.11 Å². The van der Waals surface area contributed by atoms with Gasteiger partial charge in [-0.3, -0.25) is 0 Å². The van der Waals surface area contributed by atoms with Crippen molar-refractivity contribution < 1.29 is 38.4 Å². The van der Waals surface area contributed by atoms with Crippen LogP contribution in [0.2, 0.25) is 0 Å². The quantitative estimate of drug-likeness (QED) is 0.317. The maximum atomic E-state index is 11.7. The van der Waals surface area contributed by atoms with Gasteiger partial charge < -0.3 is 24.1 Å². The van der Waals surface area contributed by atoms with E-state index in [1.54, 1.807) is 0 Å². The molecule has 0 bridgehead atoms. The van der Waals surface area contributed by atoms with E-state index in [1.165, 1.54) is 58.1 Å². The van der Waals surface area contributed by atoms with E-state index >= 15 is 0 Å². The third-order valence-electron chi connectivity index (χ3n) is 2.98. The SMILES string of the molecule is CC1(C)OC(=O)C(=CC=CC=CC2=C([O-])OC(C)(C)OC2=O)C(=O)O1. The molecule has 0 unspecified atom stereocenters. The summed E-state index contributed by atoms with van der Waals surface area (Å²) < 4.78 is 19.7. The first-order valence-corrected chi connectivity index (χ1v) is 7.36. The first kappa shape index (κ1) is 18.3. The molecule has 0 aromatic carbocycles. The van der Waals surface area contributed by atoms with Crippen LogP contribution in [0, 0.1) is 0 Å². The van der Waals surface area contributed by atoms with Gasteiger partial charge in [0.2, 0.25) is 0 Å². The maximum Gasteiger partial charge on any atom is 0.348 e. The van der Waals surface area contributed by atoms with Crippen molar-refractivity contribution in [1.82, 2.24) is 0 Å². The highest BCUT2D eigenvalue weighted by molar-refractivity contribution is 6.15. The molecule has 25 heavy (non-hydrogen) atoms. The minimum absolute atomic E-state index is 0.269. The summed E-state index contributed by atoms with van der Waals surface area (Å²) in [6, 6.07) is 0. The van der Waals surface area contributed by atoms with E-state index in [9.17, 15) is 19.5 Å². The van der Waals surface area contributed by atoms with Crippen LogP contribution in [0.3, 0.4) is 0 Å². The number of esters is 3. The van der Waals surface area contributed by atoms with Gasteiger partial charge in [0.25, 0.3) is 5.79 Å². The maximum absolute atomic E-state index is 11.7. The Morgan fingerprint density at radius 3 is 1.84 bits per heavy atom. The number of hydrogen-bond donors (Lipinski definition) is 0. The number of rotatable bonds is 3. The number of hydrogen-bond acceptors (Lipinski definition) is 8. The van der Waals surface area contributed by atoms with Crippen molar-refractivity contribution in [2.45, 2.75) is 39.3 Å². The summed E-state index contributed by atoms with van der Waals surface area (Å²) in [5, 5.41) is 11.7. The molecule has 0 atom stereocenters. The molecule has 2 aliphatic rings. The van der Waals surface area contributed by atoms with Crippen LogP contribution in [0.1, 0.15) is 27.7 Å². The minimum Gasteiger partial charge on any atom is -0.575 e. The van der Waals surface area contributed by atoms with Gasteiger partial charge in [0.05, 0.1) is 11.5 Å². The first-order chi connectivity index (χ1) is 11.5. The Balaban J connectivity index is 2.06. The van der Waals surface area contributed by atoms with E-state index in [0.29, 0.717) is 0 Å². The lowest BCUT2D eigenvalue weighted by molar-refractivity contribution is -0.393. The van der Waals surface area contributed by atoms with Crippen molar-refractivity contribution in [3.8, 4) is 0 Å². The van der Waals surface area contributed by atoms with Gasteiger partial charge in [-0.05, 0) is 26.0 Å². The van der Waals surface area contributed by atoms with Crippen molar-refractivity contribution in [3.05, 3.63) is 47.5 Å². The summed E-state index contributed by atoms with van der Waals surface area (Å²) in [6.07, 6.45) is 6.53. The van der Waals surface area contributed by atoms with Gasteiger partial charge in [-0.15, -0.1) is 0 Å². The number of cyclic esters (lactones) is 3. The lowest BCUT2D eigenvalue weighted by Gasteiger charge is -2.38. The van der Waals surface area contributed by atoms with Crippen LogP contribution in [0.4, 0.5) is 0 Å². The molecule has 0 radical (unpaired) electrons. The first-order valence-electron chi connectivity index (χ1n) is 7.36. The number of carbonyl (C=O) groups is 3. The minimum atomic E-state index is -1.30. The van der Waals surface area contributed by atoms with Gasteiger partial charge in [-0.2, -0.15) is 0 Å². The molecular formula is C17H17O8-. The van der Waals surface area contributed by atoms with Crippen molar-refractivity contribution in [2.24, 2.45) is 0 Å². The summed E-state index contributed by atoms with van der Waals surface area (Å²) in [7, 11) is 0. The Morgan fingerprint density at radius 1 is 0.760 bits per heavy atom. The van der Waals surface area contributed by atoms with Crippen LogP contribution in [-0.2, 0) is 33.3 Å². The van der Waals surface area contributed by atoms with Crippen LogP contribution in [0.5, 0.6) is 0 Å². The van der Waals surface area contributed by atoms with Crippen molar-refractivity contribution >= 4 is 17.9 Å². The molecule has 0 saturated carbocycles. The highest BCUT2D eigenvalue weighted by Crippen LogP contribution is 2.24. The lowest BCUT2D eigenvalue weighted by Crippen LogP contribution is -2.41. The van der Waals surface area contributed by atoms with Crippen LogP contribution >= 0.6 is 0 Å². The topological polar surface area (TPSA) is 111 Å². The fourth-order valence-corrected chi connectivity index (χ4v) is 1.96. The average molecular weight is 349 g/mol. The Kier molecular flexibility index (Phi) is 4.73. The van der Waals surface area contributed by atoms with Gasteiger partial charge in [0.1, 0.15) is 5.57 Å². The molecule has 0 aromatic rings. The molecule has 8 heteroatoms. The molecule has 0 spiro atoms. The standard InChI is InChI=1S/C17H18O8/c1-16(2)22-12(18)10(13(19)23-16)8-6-5-7-9-11-14(20)24-17(3,4)25-15(11)21/h5-9,18H,1-4H3/p-1. The molecule has 2 aliphatic heterocycles. The van der Waals surface area contributed by atoms with Gasteiger partial charge in [-0.25, -0.2) is 14.4 Å². The molecule has 8 nitrogen and oxygen atoms in total. The monoisotopic (exact) mass is 349 g/mol. The average Bonchev–Trinajstić information content (AvgIpc) is 2.40. The van der Waals surface area contributed by atoms with Crippen molar-refractivity contribution in [3.63, 3.8) is 0 Å². The zero-order valence-corrected chi connectivity index (χ0v) is 14.2. The Labute approximate surface area is 144 Å². The Morgan fingerprint density at radius 2 is 1.28 bits per heavy atom. The van der Waals surface area contributed by atoms with Gasteiger partial charge >= 0.3 is 17.9 Å². The fraction of sp³-hybridized carbons (Fsp3) is 0.353. The number of ether oxygens (including phenoxy) is 4. The molecule has 2 heterocycles. The summed E-state index contributed by atoms with van der Waals surface area (Å²) in [5.41, 5.74) is -0.537. The smallest absolute Gasteiger partial charge is 0.348 e. The second kappa shape index (κ2) is 6.46. The molecule has 2 rings (SSSR count). The van der Waals surface area contributed by atoms with Gasteiger partial charge in [0, 0.05) is 13.8 Å². The second-order valence-electron chi connectivity index (χ2n) is 6.10. The molecule has 0 N–H and O–H groups in total. The summed E-state index contributed by atoms with van der Waals surface area (Å²) in [6.45, 7) is 5.77. The normalized spacial score (nSPS) is 22.6. The van der Waals surface area contributed by atoms with Crippen molar-refractivity contribution in [2.75, 3.05) is 0 Å². The van der Waals surface area contributed by atoms with E-state index in [2.05, 4.69) is 0 Å². The zero-order valence-electron chi connectivity index (χ0n) is 14.2. The molecule has 0 amide bonds. The van der Waals surface area contributed by atoms with Crippen molar-refractivity contribution in [1.29, 1.82) is 0 Å². The fourth-order valence-electron chi connectivity index (χ4n) is 1.96. The van der Waals surface area contributed by atoms with E-state index in [0.717, 1.165) is 0 Å². The highest BCUT2D eigenvalue weighted by Gasteiger charge is 2.38. The largest absolute Gasteiger partial charge is 0.575 e. The van der Waals surface area contributed by atoms with E-state index in [-0.39, 0.29) is 11.1 Å². The van der Waals surface area contributed by atoms with Crippen LogP contribution in [-0.4, -0.2) is 29.5 Å².